The van der Waals surface area contributed by atoms with E-state index in [1.807, 2.05) is 30.2 Å². The summed E-state index contributed by atoms with van der Waals surface area (Å²) in [4.78, 5) is 15.2. The molecule has 0 bridgehead atoms. The molecule has 1 spiro atoms. The number of furan rings is 1. The van der Waals surface area contributed by atoms with E-state index in [0.29, 0.717) is 5.92 Å². The number of aromatic amines is 1. The molecule has 3 heterocycles. The van der Waals surface area contributed by atoms with Crippen molar-refractivity contribution in [3.8, 4) is 11.5 Å². The van der Waals surface area contributed by atoms with Crippen molar-refractivity contribution < 1.29 is 9.21 Å². The van der Waals surface area contributed by atoms with E-state index in [1.54, 1.807) is 0 Å². The third-order valence-corrected chi connectivity index (χ3v) is 5.36. The van der Waals surface area contributed by atoms with Gasteiger partial charge < -0.3 is 9.32 Å². The molecule has 2 N–H and O–H groups in total. The number of carbonyl (C=O) groups excluding carboxylic acids is 1. The summed E-state index contributed by atoms with van der Waals surface area (Å²) >= 11 is 0. The topological polar surface area (TPSA) is 74.2 Å². The molecule has 2 aliphatic rings. The molecular formula is C19H26N4O2. The lowest BCUT2D eigenvalue weighted by molar-refractivity contribution is -0.133. The fraction of sp³-hybridized carbons (Fsp3) is 0.579. The van der Waals surface area contributed by atoms with Crippen LogP contribution in [-0.4, -0.2) is 33.1 Å². The number of hydrogen-bond acceptors (Lipinski definition) is 4. The lowest BCUT2D eigenvalue weighted by atomic mass is 9.98. The quantitative estimate of drug-likeness (QED) is 0.893. The van der Waals surface area contributed by atoms with E-state index >= 15 is 0 Å². The molecule has 1 saturated heterocycles. The summed E-state index contributed by atoms with van der Waals surface area (Å²) in [6, 6.07) is 3.89. The molecule has 1 amide bonds. The van der Waals surface area contributed by atoms with Gasteiger partial charge in [-0.1, -0.05) is 26.7 Å². The molecule has 2 aromatic rings. The van der Waals surface area contributed by atoms with Crippen LogP contribution in [0.25, 0.3) is 11.5 Å². The first kappa shape index (κ1) is 16.4. The van der Waals surface area contributed by atoms with Crippen LogP contribution >= 0.6 is 0 Å². The second-order valence-electron chi connectivity index (χ2n) is 7.80. The molecule has 1 aliphatic carbocycles. The number of aryl methyl sites for hydroxylation is 1. The van der Waals surface area contributed by atoms with Crippen LogP contribution in [0.4, 0.5) is 0 Å². The number of nitrogens with one attached hydrogen (secondary N) is 2. The van der Waals surface area contributed by atoms with Crippen LogP contribution in [0.1, 0.15) is 57.0 Å². The summed E-state index contributed by atoms with van der Waals surface area (Å²) in [7, 11) is 0. The van der Waals surface area contributed by atoms with Crippen molar-refractivity contribution in [1.29, 1.82) is 0 Å². The number of rotatable bonds is 4. The minimum Gasteiger partial charge on any atom is -0.460 e. The summed E-state index contributed by atoms with van der Waals surface area (Å²) in [5.41, 5.74) is 1.43. The van der Waals surface area contributed by atoms with E-state index in [-0.39, 0.29) is 12.1 Å². The van der Waals surface area contributed by atoms with Crippen molar-refractivity contribution in [2.24, 2.45) is 5.92 Å². The van der Waals surface area contributed by atoms with Crippen LogP contribution < -0.4 is 5.32 Å². The molecule has 0 radical (unpaired) electrons. The number of hydrogen-bond donors (Lipinski definition) is 2. The monoisotopic (exact) mass is 342 g/mol. The van der Waals surface area contributed by atoms with Gasteiger partial charge in [0.1, 0.15) is 17.6 Å². The molecular weight excluding hydrogens is 316 g/mol. The lowest BCUT2D eigenvalue weighted by Crippen LogP contribution is -2.44. The number of nitrogens with zero attached hydrogens (tertiary/aromatic N) is 2. The molecule has 2 fully saturated rings. The average molecular weight is 342 g/mol. The molecule has 6 nitrogen and oxygen atoms in total. The third kappa shape index (κ3) is 2.68. The molecule has 6 heteroatoms. The standard InChI is InChI=1S/C19H26N4O2/c1-12(2)11-23-17(21-19(18(23)24)8-4-5-9-19)14-10-20-22-16(14)15-7-6-13(3)25-15/h6-7,10,12,17,21H,4-5,8-9,11H2,1-3H3,(H,20,22)/t17-/m1/s1. The predicted octanol–water partition coefficient (Wildman–Crippen LogP) is 3.38. The SMILES string of the molecule is Cc1ccc(-c2[nH]ncc2[C@@H]2NC3(CCCC3)C(=O)N2CC(C)C)o1. The Kier molecular flexibility index (Phi) is 3.95. The normalized spacial score (nSPS) is 22.6. The molecule has 4 rings (SSSR count). The van der Waals surface area contributed by atoms with E-state index < -0.39 is 5.54 Å². The van der Waals surface area contributed by atoms with Gasteiger partial charge in [0, 0.05) is 12.1 Å². The smallest absolute Gasteiger partial charge is 0.244 e. The Labute approximate surface area is 148 Å². The Hall–Kier alpha value is -2.08. The highest BCUT2D eigenvalue weighted by atomic mass is 16.3. The largest absolute Gasteiger partial charge is 0.460 e. The second kappa shape index (κ2) is 6.02. The van der Waals surface area contributed by atoms with Crippen LogP contribution in [0.2, 0.25) is 0 Å². The lowest BCUT2D eigenvalue weighted by Gasteiger charge is -2.25. The first-order valence-corrected chi connectivity index (χ1v) is 9.19. The molecule has 2 aromatic heterocycles. The first-order chi connectivity index (χ1) is 12.0. The van der Waals surface area contributed by atoms with Gasteiger partial charge in [-0.2, -0.15) is 5.10 Å². The summed E-state index contributed by atoms with van der Waals surface area (Å²) in [5, 5.41) is 11.0. The van der Waals surface area contributed by atoms with E-state index in [1.165, 1.54) is 0 Å². The number of aromatic nitrogens is 2. The van der Waals surface area contributed by atoms with Gasteiger partial charge in [0.2, 0.25) is 5.91 Å². The Morgan fingerprint density at radius 3 is 2.76 bits per heavy atom. The Morgan fingerprint density at radius 1 is 1.36 bits per heavy atom. The molecule has 1 saturated carbocycles. The second-order valence-corrected chi connectivity index (χ2v) is 7.80. The van der Waals surface area contributed by atoms with Crippen molar-refractivity contribution in [3.05, 3.63) is 29.7 Å². The fourth-order valence-electron chi connectivity index (χ4n) is 4.23. The summed E-state index contributed by atoms with van der Waals surface area (Å²) < 4.78 is 5.79. The highest BCUT2D eigenvalue weighted by Gasteiger charge is 2.53. The molecule has 25 heavy (non-hydrogen) atoms. The van der Waals surface area contributed by atoms with Gasteiger partial charge in [0.25, 0.3) is 0 Å². The van der Waals surface area contributed by atoms with E-state index in [2.05, 4.69) is 29.4 Å². The Morgan fingerprint density at radius 2 is 2.12 bits per heavy atom. The maximum atomic E-state index is 13.2. The first-order valence-electron chi connectivity index (χ1n) is 9.19. The van der Waals surface area contributed by atoms with E-state index in [0.717, 1.165) is 55.0 Å². The van der Waals surface area contributed by atoms with Gasteiger partial charge in [-0.15, -0.1) is 0 Å². The van der Waals surface area contributed by atoms with Crippen LogP contribution in [0, 0.1) is 12.8 Å². The molecule has 0 unspecified atom stereocenters. The van der Waals surface area contributed by atoms with E-state index in [9.17, 15) is 4.79 Å². The number of H-pyrrole nitrogens is 1. The van der Waals surface area contributed by atoms with Crippen LogP contribution in [-0.2, 0) is 4.79 Å². The fourth-order valence-corrected chi connectivity index (χ4v) is 4.23. The van der Waals surface area contributed by atoms with E-state index in [4.69, 9.17) is 4.42 Å². The van der Waals surface area contributed by atoms with Crippen molar-refractivity contribution >= 4 is 5.91 Å². The maximum absolute atomic E-state index is 13.2. The Balaban J connectivity index is 1.73. The molecule has 0 aromatic carbocycles. The van der Waals surface area contributed by atoms with Crippen LogP contribution in [0.15, 0.2) is 22.7 Å². The van der Waals surface area contributed by atoms with Gasteiger partial charge >= 0.3 is 0 Å². The van der Waals surface area contributed by atoms with Crippen molar-refractivity contribution in [2.75, 3.05) is 6.54 Å². The molecule has 1 atom stereocenters. The summed E-state index contributed by atoms with van der Waals surface area (Å²) in [5.74, 6) is 2.27. The van der Waals surface area contributed by atoms with Crippen molar-refractivity contribution in [3.63, 3.8) is 0 Å². The predicted molar refractivity (Wildman–Crippen MR) is 94.7 cm³/mol. The zero-order valence-corrected chi connectivity index (χ0v) is 15.1. The van der Waals surface area contributed by atoms with Gasteiger partial charge in [-0.3, -0.25) is 15.2 Å². The maximum Gasteiger partial charge on any atom is 0.244 e. The van der Waals surface area contributed by atoms with Gasteiger partial charge in [-0.25, -0.2) is 0 Å². The zero-order chi connectivity index (χ0) is 17.6. The third-order valence-electron chi connectivity index (χ3n) is 5.36. The van der Waals surface area contributed by atoms with Crippen LogP contribution in [0.5, 0.6) is 0 Å². The van der Waals surface area contributed by atoms with Gasteiger partial charge in [0.05, 0.1) is 11.7 Å². The van der Waals surface area contributed by atoms with Crippen molar-refractivity contribution in [2.45, 2.75) is 58.2 Å². The highest BCUT2D eigenvalue weighted by Crippen LogP contribution is 2.42. The minimum absolute atomic E-state index is 0.160. The minimum atomic E-state index is -0.396. The molecule has 1 aliphatic heterocycles. The highest BCUT2D eigenvalue weighted by molar-refractivity contribution is 5.89. The number of amides is 1. The average Bonchev–Trinajstić information content (AvgIpc) is 3.32. The summed E-state index contributed by atoms with van der Waals surface area (Å²) in [6.45, 7) is 6.96. The Bertz CT molecular complexity index is 770. The van der Waals surface area contributed by atoms with Gasteiger partial charge in [0.15, 0.2) is 5.76 Å². The zero-order valence-electron chi connectivity index (χ0n) is 15.1. The number of carbonyl (C=O) groups is 1. The van der Waals surface area contributed by atoms with Crippen molar-refractivity contribution in [1.82, 2.24) is 20.4 Å². The summed E-state index contributed by atoms with van der Waals surface area (Å²) in [6.07, 6.45) is 5.72. The van der Waals surface area contributed by atoms with Crippen LogP contribution in [0.3, 0.4) is 0 Å². The van der Waals surface area contributed by atoms with Gasteiger partial charge in [-0.05, 0) is 37.8 Å². The molecule has 134 valence electrons.